The number of nitrogens with one attached hydrogen (secondary N) is 1. The minimum atomic E-state index is -0.510. The molecule has 0 aliphatic rings. The maximum Gasteiger partial charge on any atom is 0.337 e. The van der Waals surface area contributed by atoms with Crippen molar-refractivity contribution in [3.8, 4) is 0 Å². The van der Waals surface area contributed by atoms with Gasteiger partial charge in [-0.25, -0.2) is 9.18 Å². The maximum absolute atomic E-state index is 13.2. The van der Waals surface area contributed by atoms with E-state index in [0.29, 0.717) is 22.6 Å². The number of amides is 1. The molecular weight excluding hydrogens is 415 g/mol. The Morgan fingerprint density at radius 2 is 1.75 bits per heavy atom. The van der Waals surface area contributed by atoms with Crippen molar-refractivity contribution in [1.29, 1.82) is 0 Å². The summed E-state index contributed by atoms with van der Waals surface area (Å²) in [6, 6.07) is 13.6. The summed E-state index contributed by atoms with van der Waals surface area (Å²) in [5, 5.41) is 2.89. The Morgan fingerprint density at radius 3 is 2.41 bits per heavy atom. The molecule has 1 amide bonds. The minimum absolute atomic E-state index is 0.135. The van der Waals surface area contributed by atoms with Crippen LogP contribution < -0.4 is 10.9 Å². The van der Waals surface area contributed by atoms with Crippen LogP contribution in [0, 0.1) is 12.7 Å². The summed E-state index contributed by atoms with van der Waals surface area (Å²) in [5.74, 6) is -1.05. The Hall–Kier alpha value is -4.20. The average Bonchev–Trinajstić information content (AvgIpc) is 3.14. The summed E-state index contributed by atoms with van der Waals surface area (Å²) in [6.45, 7) is 1.83. The molecule has 7 nitrogen and oxygen atoms in total. The van der Waals surface area contributed by atoms with Gasteiger partial charge in [-0.3, -0.25) is 9.59 Å². The molecule has 0 saturated carbocycles. The number of rotatable bonds is 5. The van der Waals surface area contributed by atoms with Crippen LogP contribution in [-0.4, -0.2) is 23.6 Å². The smallest absolute Gasteiger partial charge is 0.337 e. The Kier molecular flexibility index (Phi) is 5.59. The summed E-state index contributed by atoms with van der Waals surface area (Å²) >= 11 is 0. The molecule has 0 atom stereocenters. The number of methoxy groups -OCH3 is 1. The number of furan rings is 1. The molecule has 0 radical (unpaired) electrons. The number of halogens is 1. The van der Waals surface area contributed by atoms with Gasteiger partial charge in [0, 0.05) is 11.9 Å². The molecule has 162 valence electrons. The standard InChI is InChI=1S/C24H19FN2O5/c1-14-20(22(28)26-18-9-5-16(6-10-18)24(30)31-2)21-19(32-14)11-12-27(23(21)29)13-15-3-7-17(25)8-4-15/h3-12H,13H2,1-2H3,(H,26,28). The molecular formula is C24H19FN2O5. The number of aromatic nitrogens is 1. The van der Waals surface area contributed by atoms with Gasteiger partial charge in [0.1, 0.15) is 17.2 Å². The summed E-state index contributed by atoms with van der Waals surface area (Å²) in [5.41, 5.74) is 1.57. The van der Waals surface area contributed by atoms with Gasteiger partial charge in [0.2, 0.25) is 0 Å². The number of pyridine rings is 1. The summed E-state index contributed by atoms with van der Waals surface area (Å²) in [4.78, 5) is 37.7. The second-order valence-corrected chi connectivity index (χ2v) is 7.17. The van der Waals surface area contributed by atoms with Crippen molar-refractivity contribution in [2.75, 3.05) is 12.4 Å². The molecule has 0 aliphatic heterocycles. The van der Waals surface area contributed by atoms with Gasteiger partial charge in [-0.1, -0.05) is 12.1 Å². The monoisotopic (exact) mass is 434 g/mol. The molecule has 0 bridgehead atoms. The molecule has 32 heavy (non-hydrogen) atoms. The number of ether oxygens (including phenoxy) is 1. The SMILES string of the molecule is COC(=O)c1ccc(NC(=O)c2c(C)oc3ccn(Cc4ccc(F)cc4)c(=O)c23)cc1. The van der Waals surface area contributed by atoms with Crippen LogP contribution in [0.15, 0.2) is 70.0 Å². The number of fused-ring (bicyclic) bond motifs is 1. The zero-order chi connectivity index (χ0) is 22.8. The number of carbonyl (C=O) groups is 2. The first-order chi connectivity index (χ1) is 15.4. The zero-order valence-electron chi connectivity index (χ0n) is 17.3. The summed E-state index contributed by atoms with van der Waals surface area (Å²) in [6.07, 6.45) is 1.57. The van der Waals surface area contributed by atoms with Crippen molar-refractivity contribution < 1.29 is 23.1 Å². The number of esters is 1. The predicted octanol–water partition coefficient (Wildman–Crippen LogP) is 4.13. The first-order valence-corrected chi connectivity index (χ1v) is 9.74. The van der Waals surface area contributed by atoms with E-state index in [4.69, 9.17) is 4.42 Å². The zero-order valence-corrected chi connectivity index (χ0v) is 17.3. The normalized spacial score (nSPS) is 10.8. The van der Waals surface area contributed by atoms with Crippen molar-refractivity contribution >= 4 is 28.5 Å². The molecule has 0 fully saturated rings. The van der Waals surface area contributed by atoms with Crippen molar-refractivity contribution in [2.24, 2.45) is 0 Å². The van der Waals surface area contributed by atoms with Crippen LogP contribution in [0.2, 0.25) is 0 Å². The molecule has 4 aromatic rings. The van der Waals surface area contributed by atoms with E-state index >= 15 is 0 Å². The molecule has 8 heteroatoms. The third-order valence-corrected chi connectivity index (χ3v) is 5.05. The topological polar surface area (TPSA) is 90.5 Å². The van der Waals surface area contributed by atoms with Gasteiger partial charge in [0.15, 0.2) is 0 Å². The molecule has 0 spiro atoms. The molecule has 4 rings (SSSR count). The van der Waals surface area contributed by atoms with E-state index in [1.165, 1.54) is 35.9 Å². The van der Waals surface area contributed by atoms with Crippen molar-refractivity contribution in [2.45, 2.75) is 13.5 Å². The number of hydrogen-bond acceptors (Lipinski definition) is 5. The third kappa shape index (κ3) is 4.02. The molecule has 0 aliphatic carbocycles. The van der Waals surface area contributed by atoms with E-state index in [1.807, 2.05) is 0 Å². The Labute approximate surface area is 182 Å². The minimum Gasteiger partial charge on any atom is -0.465 e. The molecule has 1 N–H and O–H groups in total. The average molecular weight is 434 g/mol. The highest BCUT2D eigenvalue weighted by atomic mass is 19.1. The molecule has 2 aromatic heterocycles. The molecule has 0 saturated heterocycles. The van der Waals surface area contributed by atoms with Crippen molar-refractivity contribution in [1.82, 2.24) is 4.57 Å². The van der Waals surface area contributed by atoms with Gasteiger partial charge in [0.25, 0.3) is 11.5 Å². The second kappa shape index (κ2) is 8.50. The van der Waals surface area contributed by atoms with Crippen LogP contribution >= 0.6 is 0 Å². The van der Waals surface area contributed by atoms with Crippen LogP contribution in [-0.2, 0) is 11.3 Å². The van der Waals surface area contributed by atoms with Crippen molar-refractivity contribution in [3.63, 3.8) is 0 Å². The predicted molar refractivity (Wildman–Crippen MR) is 116 cm³/mol. The maximum atomic E-state index is 13.2. The molecule has 2 heterocycles. The first kappa shape index (κ1) is 21.0. The quantitative estimate of drug-likeness (QED) is 0.477. The lowest BCUT2D eigenvalue weighted by Gasteiger charge is -2.08. The largest absolute Gasteiger partial charge is 0.465 e. The first-order valence-electron chi connectivity index (χ1n) is 9.74. The van der Waals surface area contributed by atoms with E-state index in [9.17, 15) is 18.8 Å². The lowest BCUT2D eigenvalue weighted by molar-refractivity contribution is 0.0600. The lowest BCUT2D eigenvalue weighted by atomic mass is 10.1. The fourth-order valence-electron chi connectivity index (χ4n) is 3.45. The Morgan fingerprint density at radius 1 is 1.06 bits per heavy atom. The number of benzene rings is 2. The fourth-order valence-corrected chi connectivity index (χ4v) is 3.45. The highest BCUT2D eigenvalue weighted by Gasteiger charge is 2.22. The van der Waals surface area contributed by atoms with Crippen LogP contribution in [0.25, 0.3) is 11.0 Å². The van der Waals surface area contributed by atoms with Crippen LogP contribution in [0.5, 0.6) is 0 Å². The van der Waals surface area contributed by atoms with Crippen LogP contribution in [0.4, 0.5) is 10.1 Å². The Bertz CT molecular complexity index is 1370. The Balaban J connectivity index is 1.66. The lowest BCUT2D eigenvalue weighted by Crippen LogP contribution is -2.22. The van der Waals surface area contributed by atoms with E-state index in [1.54, 1.807) is 43.5 Å². The van der Waals surface area contributed by atoms with Gasteiger partial charge in [-0.15, -0.1) is 0 Å². The number of aryl methyl sites for hydroxylation is 1. The summed E-state index contributed by atoms with van der Waals surface area (Å²) < 4.78 is 24.9. The van der Waals surface area contributed by atoms with Gasteiger partial charge in [-0.2, -0.15) is 0 Å². The van der Waals surface area contributed by atoms with Gasteiger partial charge in [-0.05, 0) is 55.0 Å². The van der Waals surface area contributed by atoms with E-state index in [-0.39, 0.29) is 23.3 Å². The number of carbonyl (C=O) groups excluding carboxylic acids is 2. The third-order valence-electron chi connectivity index (χ3n) is 5.05. The van der Waals surface area contributed by atoms with E-state index in [2.05, 4.69) is 10.1 Å². The summed E-state index contributed by atoms with van der Waals surface area (Å²) in [7, 11) is 1.29. The van der Waals surface area contributed by atoms with Crippen LogP contribution in [0.1, 0.15) is 32.0 Å². The number of hydrogen-bond donors (Lipinski definition) is 1. The van der Waals surface area contributed by atoms with E-state index in [0.717, 1.165) is 5.56 Å². The van der Waals surface area contributed by atoms with Crippen LogP contribution in [0.3, 0.4) is 0 Å². The second-order valence-electron chi connectivity index (χ2n) is 7.17. The fraction of sp³-hybridized carbons (Fsp3) is 0.125. The highest BCUT2D eigenvalue weighted by Crippen LogP contribution is 2.24. The number of nitrogens with zero attached hydrogens (tertiary/aromatic N) is 1. The highest BCUT2D eigenvalue weighted by molar-refractivity contribution is 6.13. The van der Waals surface area contributed by atoms with Gasteiger partial charge >= 0.3 is 5.97 Å². The molecule has 2 aromatic carbocycles. The van der Waals surface area contributed by atoms with Gasteiger partial charge < -0.3 is 19.0 Å². The number of anilines is 1. The van der Waals surface area contributed by atoms with Gasteiger partial charge in [0.05, 0.1) is 30.2 Å². The molecule has 0 unspecified atom stereocenters. The van der Waals surface area contributed by atoms with Crippen molar-refractivity contribution in [3.05, 3.63) is 99.4 Å². The van der Waals surface area contributed by atoms with E-state index < -0.39 is 17.4 Å².